The highest BCUT2D eigenvalue weighted by Gasteiger charge is 2.22. The molecule has 1 saturated heterocycles. The van der Waals surface area contributed by atoms with E-state index in [0.717, 1.165) is 48.8 Å². The van der Waals surface area contributed by atoms with E-state index in [-0.39, 0.29) is 12.0 Å². The summed E-state index contributed by atoms with van der Waals surface area (Å²) in [5.74, 6) is 0.430. The SMILES string of the molecule is Cc1c(NC(=O)c2csc(C3CCCO3)n2)cnn1CCC(C)C. The van der Waals surface area contributed by atoms with Crippen LogP contribution >= 0.6 is 11.3 Å². The molecule has 0 radical (unpaired) electrons. The maximum Gasteiger partial charge on any atom is 0.275 e. The first-order valence-corrected chi connectivity index (χ1v) is 9.33. The van der Waals surface area contributed by atoms with Crippen molar-refractivity contribution in [2.45, 2.75) is 52.7 Å². The first kappa shape index (κ1) is 17.1. The third-order valence-electron chi connectivity index (χ3n) is 4.23. The predicted octanol–water partition coefficient (Wildman–Crippen LogP) is 3.80. The molecule has 1 aliphatic heterocycles. The summed E-state index contributed by atoms with van der Waals surface area (Å²) in [7, 11) is 0. The van der Waals surface area contributed by atoms with Crippen molar-refractivity contribution in [1.29, 1.82) is 0 Å². The third kappa shape index (κ3) is 3.84. The van der Waals surface area contributed by atoms with Crippen molar-refractivity contribution in [2.75, 3.05) is 11.9 Å². The second-order valence-corrected chi connectivity index (χ2v) is 7.47. The Kier molecular flexibility index (Phi) is 5.30. The van der Waals surface area contributed by atoms with Gasteiger partial charge in [0.2, 0.25) is 0 Å². The highest BCUT2D eigenvalue weighted by Crippen LogP contribution is 2.30. The van der Waals surface area contributed by atoms with Crippen LogP contribution in [-0.4, -0.2) is 27.3 Å². The van der Waals surface area contributed by atoms with E-state index < -0.39 is 0 Å². The topological polar surface area (TPSA) is 69.0 Å². The first-order chi connectivity index (χ1) is 11.5. The molecule has 2 aromatic heterocycles. The molecular formula is C17H24N4O2S. The van der Waals surface area contributed by atoms with Gasteiger partial charge in [0.05, 0.1) is 17.6 Å². The molecule has 3 rings (SSSR count). The Morgan fingerprint density at radius 2 is 2.38 bits per heavy atom. The van der Waals surface area contributed by atoms with Crippen LogP contribution in [0, 0.1) is 12.8 Å². The summed E-state index contributed by atoms with van der Waals surface area (Å²) < 4.78 is 7.56. The fourth-order valence-electron chi connectivity index (χ4n) is 2.67. The summed E-state index contributed by atoms with van der Waals surface area (Å²) in [6.45, 7) is 7.99. The zero-order valence-corrected chi connectivity index (χ0v) is 15.2. The van der Waals surface area contributed by atoms with Crippen molar-refractivity contribution >= 4 is 22.9 Å². The summed E-state index contributed by atoms with van der Waals surface area (Å²) in [6, 6.07) is 0. The Bertz CT molecular complexity index is 701. The molecular weight excluding hydrogens is 324 g/mol. The Labute approximate surface area is 146 Å². The Morgan fingerprint density at radius 3 is 3.08 bits per heavy atom. The number of hydrogen-bond donors (Lipinski definition) is 1. The van der Waals surface area contributed by atoms with Gasteiger partial charge in [0.25, 0.3) is 5.91 Å². The molecule has 1 unspecified atom stereocenters. The number of rotatable bonds is 6. The average Bonchev–Trinajstić information content (AvgIpc) is 3.26. The van der Waals surface area contributed by atoms with Crippen molar-refractivity contribution in [1.82, 2.24) is 14.8 Å². The van der Waals surface area contributed by atoms with Crippen LogP contribution in [0.25, 0.3) is 0 Å². The monoisotopic (exact) mass is 348 g/mol. The molecule has 3 heterocycles. The largest absolute Gasteiger partial charge is 0.371 e. The molecule has 0 saturated carbocycles. The second kappa shape index (κ2) is 7.44. The van der Waals surface area contributed by atoms with Gasteiger partial charge in [-0.1, -0.05) is 13.8 Å². The van der Waals surface area contributed by atoms with Crippen molar-refractivity contribution < 1.29 is 9.53 Å². The minimum absolute atomic E-state index is 0.0528. The fraction of sp³-hybridized carbons (Fsp3) is 0.588. The number of carbonyl (C=O) groups excluding carboxylic acids is 1. The van der Waals surface area contributed by atoms with E-state index in [1.165, 1.54) is 11.3 Å². The standard InChI is InChI=1S/C17H24N4O2S/c1-11(2)6-7-21-12(3)13(9-18-21)19-16(22)14-10-24-17(20-14)15-5-4-8-23-15/h9-11,15H,4-8H2,1-3H3,(H,19,22). The molecule has 1 atom stereocenters. The molecule has 24 heavy (non-hydrogen) atoms. The third-order valence-corrected chi connectivity index (χ3v) is 5.17. The van der Waals surface area contributed by atoms with Gasteiger partial charge in [0.1, 0.15) is 16.8 Å². The highest BCUT2D eigenvalue weighted by atomic mass is 32.1. The van der Waals surface area contributed by atoms with Crippen LogP contribution in [-0.2, 0) is 11.3 Å². The summed E-state index contributed by atoms with van der Waals surface area (Å²) in [4.78, 5) is 16.9. The quantitative estimate of drug-likeness (QED) is 0.862. The van der Waals surface area contributed by atoms with Crippen LogP contribution in [0.1, 0.15) is 60.4 Å². The maximum atomic E-state index is 12.4. The van der Waals surface area contributed by atoms with E-state index >= 15 is 0 Å². The molecule has 1 amide bonds. The van der Waals surface area contributed by atoms with Crippen LogP contribution < -0.4 is 5.32 Å². The van der Waals surface area contributed by atoms with Crippen LogP contribution in [0.3, 0.4) is 0 Å². The summed E-state index contributed by atoms with van der Waals surface area (Å²) in [5, 5.41) is 9.97. The number of nitrogens with zero attached hydrogens (tertiary/aromatic N) is 3. The Hall–Kier alpha value is -1.73. The molecule has 6 nitrogen and oxygen atoms in total. The molecule has 1 aliphatic rings. The van der Waals surface area contributed by atoms with Gasteiger partial charge < -0.3 is 10.1 Å². The van der Waals surface area contributed by atoms with Gasteiger partial charge in [-0.2, -0.15) is 5.10 Å². The number of hydrogen-bond acceptors (Lipinski definition) is 5. The molecule has 2 aromatic rings. The fourth-order valence-corrected chi connectivity index (χ4v) is 3.55. The molecule has 0 spiro atoms. The number of thiazole rings is 1. The van der Waals surface area contributed by atoms with Gasteiger partial charge in [0, 0.05) is 18.5 Å². The van der Waals surface area contributed by atoms with Gasteiger partial charge in [0.15, 0.2) is 0 Å². The second-order valence-electron chi connectivity index (χ2n) is 6.58. The average molecular weight is 348 g/mol. The predicted molar refractivity (Wildman–Crippen MR) is 94.4 cm³/mol. The Balaban J connectivity index is 1.64. The normalized spacial score (nSPS) is 17.6. The highest BCUT2D eigenvalue weighted by molar-refractivity contribution is 7.09. The molecule has 0 aliphatic carbocycles. The molecule has 1 fully saturated rings. The number of carbonyl (C=O) groups is 1. The van der Waals surface area contributed by atoms with Crippen molar-refractivity contribution in [2.24, 2.45) is 5.92 Å². The van der Waals surface area contributed by atoms with Crippen LogP contribution in [0.4, 0.5) is 5.69 Å². The lowest BCUT2D eigenvalue weighted by Gasteiger charge is -2.08. The summed E-state index contributed by atoms with van der Waals surface area (Å²) in [6.07, 6.45) is 4.86. The summed E-state index contributed by atoms with van der Waals surface area (Å²) >= 11 is 1.49. The number of ether oxygens (including phenoxy) is 1. The molecule has 0 bridgehead atoms. The number of aryl methyl sites for hydroxylation is 1. The zero-order valence-electron chi connectivity index (χ0n) is 14.4. The van der Waals surface area contributed by atoms with Gasteiger partial charge in [-0.05, 0) is 32.1 Å². The molecule has 1 N–H and O–H groups in total. The first-order valence-electron chi connectivity index (χ1n) is 8.45. The lowest BCUT2D eigenvalue weighted by Crippen LogP contribution is -2.13. The molecule has 7 heteroatoms. The van der Waals surface area contributed by atoms with Crippen molar-refractivity contribution in [3.63, 3.8) is 0 Å². The number of aromatic nitrogens is 3. The number of nitrogens with one attached hydrogen (secondary N) is 1. The zero-order chi connectivity index (χ0) is 17.1. The smallest absolute Gasteiger partial charge is 0.275 e. The Morgan fingerprint density at radius 1 is 1.54 bits per heavy atom. The van der Waals surface area contributed by atoms with E-state index in [2.05, 4.69) is 29.2 Å². The van der Waals surface area contributed by atoms with Gasteiger partial charge >= 0.3 is 0 Å². The lowest BCUT2D eigenvalue weighted by atomic mass is 10.1. The van der Waals surface area contributed by atoms with E-state index in [1.807, 2.05) is 11.6 Å². The molecule has 0 aromatic carbocycles. The van der Waals surface area contributed by atoms with Gasteiger partial charge in [-0.15, -0.1) is 11.3 Å². The van der Waals surface area contributed by atoms with E-state index in [0.29, 0.717) is 11.6 Å². The van der Waals surface area contributed by atoms with E-state index in [1.54, 1.807) is 11.6 Å². The minimum Gasteiger partial charge on any atom is -0.371 e. The van der Waals surface area contributed by atoms with Crippen LogP contribution in [0.5, 0.6) is 0 Å². The van der Waals surface area contributed by atoms with Crippen molar-refractivity contribution in [3.8, 4) is 0 Å². The van der Waals surface area contributed by atoms with Gasteiger partial charge in [-0.25, -0.2) is 4.98 Å². The lowest BCUT2D eigenvalue weighted by molar-refractivity contribution is 0.101. The van der Waals surface area contributed by atoms with Crippen LogP contribution in [0.15, 0.2) is 11.6 Å². The van der Waals surface area contributed by atoms with E-state index in [9.17, 15) is 4.79 Å². The van der Waals surface area contributed by atoms with Gasteiger partial charge in [-0.3, -0.25) is 9.48 Å². The number of anilines is 1. The minimum atomic E-state index is -0.193. The number of amides is 1. The van der Waals surface area contributed by atoms with Crippen LogP contribution in [0.2, 0.25) is 0 Å². The molecule has 130 valence electrons. The maximum absolute atomic E-state index is 12.4. The van der Waals surface area contributed by atoms with E-state index in [4.69, 9.17) is 4.74 Å². The van der Waals surface area contributed by atoms with Crippen molar-refractivity contribution in [3.05, 3.63) is 28.0 Å². The summed E-state index contributed by atoms with van der Waals surface area (Å²) in [5.41, 5.74) is 2.16.